The third-order valence-corrected chi connectivity index (χ3v) is 4.45. The molecule has 1 aliphatic rings. The standard InChI is InChI=1S/C12H21N3S/c1-9-4-3-6-15(10(9)2)7-5-11-8-16-12(13)14-11/h8-10H,3-7H2,1-2H3,(H2,13,14). The number of nitrogens with two attached hydrogens (primary N) is 1. The first-order chi connectivity index (χ1) is 7.66. The van der Waals surface area contributed by atoms with Gasteiger partial charge < -0.3 is 10.6 Å². The normalized spacial score (nSPS) is 27.1. The Morgan fingerprint density at radius 1 is 1.56 bits per heavy atom. The summed E-state index contributed by atoms with van der Waals surface area (Å²) in [5, 5.41) is 2.77. The summed E-state index contributed by atoms with van der Waals surface area (Å²) in [6, 6.07) is 0.713. The molecule has 2 N–H and O–H groups in total. The van der Waals surface area contributed by atoms with Crippen molar-refractivity contribution in [2.24, 2.45) is 5.92 Å². The van der Waals surface area contributed by atoms with Crippen LogP contribution in [0.5, 0.6) is 0 Å². The Hall–Kier alpha value is -0.610. The van der Waals surface area contributed by atoms with Crippen LogP contribution < -0.4 is 5.73 Å². The van der Waals surface area contributed by atoms with E-state index in [1.165, 1.54) is 19.4 Å². The third kappa shape index (κ3) is 2.74. The van der Waals surface area contributed by atoms with E-state index in [9.17, 15) is 0 Å². The highest BCUT2D eigenvalue weighted by Crippen LogP contribution is 2.23. The van der Waals surface area contributed by atoms with Crippen molar-refractivity contribution in [2.75, 3.05) is 18.8 Å². The molecule has 2 atom stereocenters. The van der Waals surface area contributed by atoms with Crippen molar-refractivity contribution in [3.63, 3.8) is 0 Å². The van der Waals surface area contributed by atoms with E-state index >= 15 is 0 Å². The minimum Gasteiger partial charge on any atom is -0.375 e. The molecule has 2 unspecified atom stereocenters. The number of nitrogens with zero attached hydrogens (tertiary/aromatic N) is 2. The van der Waals surface area contributed by atoms with E-state index in [1.807, 2.05) is 0 Å². The fraction of sp³-hybridized carbons (Fsp3) is 0.750. The van der Waals surface area contributed by atoms with Gasteiger partial charge in [-0.1, -0.05) is 6.92 Å². The predicted molar refractivity (Wildman–Crippen MR) is 69.7 cm³/mol. The number of rotatable bonds is 3. The zero-order chi connectivity index (χ0) is 11.5. The van der Waals surface area contributed by atoms with Crippen molar-refractivity contribution in [3.05, 3.63) is 11.1 Å². The summed E-state index contributed by atoms with van der Waals surface area (Å²) in [4.78, 5) is 6.90. The molecule has 0 bridgehead atoms. The predicted octanol–water partition coefficient (Wildman–Crippen LogP) is 2.39. The summed E-state index contributed by atoms with van der Waals surface area (Å²) in [7, 11) is 0. The quantitative estimate of drug-likeness (QED) is 0.880. The lowest BCUT2D eigenvalue weighted by atomic mass is 9.92. The number of aromatic nitrogens is 1. The Kier molecular flexibility index (Phi) is 3.82. The Morgan fingerprint density at radius 2 is 2.38 bits per heavy atom. The van der Waals surface area contributed by atoms with Crippen LogP contribution in [0.4, 0.5) is 5.13 Å². The second-order valence-corrected chi connectivity index (χ2v) is 5.71. The van der Waals surface area contributed by atoms with Crippen molar-refractivity contribution >= 4 is 16.5 Å². The monoisotopic (exact) mass is 239 g/mol. The Bertz CT molecular complexity index is 337. The first kappa shape index (κ1) is 11.9. The summed E-state index contributed by atoms with van der Waals surface area (Å²) in [5.41, 5.74) is 6.78. The summed E-state index contributed by atoms with van der Waals surface area (Å²) in [6.45, 7) is 7.07. The molecule has 2 heterocycles. The number of piperidine rings is 1. The van der Waals surface area contributed by atoms with Crippen LogP contribution in [-0.4, -0.2) is 29.0 Å². The zero-order valence-corrected chi connectivity index (χ0v) is 11.0. The Labute approximate surface area is 102 Å². The molecule has 0 aromatic carbocycles. The minimum atomic E-state index is 0.690. The third-order valence-electron chi connectivity index (χ3n) is 3.73. The number of hydrogen-bond acceptors (Lipinski definition) is 4. The summed E-state index contributed by atoms with van der Waals surface area (Å²) >= 11 is 1.54. The van der Waals surface area contributed by atoms with E-state index in [4.69, 9.17) is 5.73 Å². The van der Waals surface area contributed by atoms with Gasteiger partial charge in [0.05, 0.1) is 5.69 Å². The molecule has 0 saturated carbocycles. The number of thiazole rings is 1. The van der Waals surface area contributed by atoms with E-state index in [0.717, 1.165) is 24.6 Å². The van der Waals surface area contributed by atoms with Gasteiger partial charge in [-0.15, -0.1) is 11.3 Å². The van der Waals surface area contributed by atoms with Crippen LogP contribution in [-0.2, 0) is 6.42 Å². The molecule has 1 fully saturated rings. The van der Waals surface area contributed by atoms with E-state index in [0.29, 0.717) is 11.2 Å². The molecule has 0 amide bonds. The molecule has 1 aliphatic heterocycles. The smallest absolute Gasteiger partial charge is 0.180 e. The minimum absolute atomic E-state index is 0.690. The zero-order valence-electron chi connectivity index (χ0n) is 10.1. The van der Waals surface area contributed by atoms with Crippen molar-refractivity contribution in [2.45, 2.75) is 39.2 Å². The first-order valence-electron chi connectivity index (χ1n) is 6.10. The van der Waals surface area contributed by atoms with E-state index in [2.05, 4.69) is 29.1 Å². The fourth-order valence-corrected chi connectivity index (χ4v) is 3.03. The topological polar surface area (TPSA) is 42.1 Å². The van der Waals surface area contributed by atoms with Gasteiger partial charge in [0.2, 0.25) is 0 Å². The van der Waals surface area contributed by atoms with Gasteiger partial charge in [0, 0.05) is 24.4 Å². The lowest BCUT2D eigenvalue weighted by molar-refractivity contribution is 0.115. The molecular formula is C12H21N3S. The van der Waals surface area contributed by atoms with E-state index in [1.54, 1.807) is 11.3 Å². The molecule has 0 aliphatic carbocycles. The summed E-state index contributed by atoms with van der Waals surface area (Å²) in [6.07, 6.45) is 3.75. The van der Waals surface area contributed by atoms with Crippen LogP contribution in [0.3, 0.4) is 0 Å². The molecule has 2 rings (SSSR count). The van der Waals surface area contributed by atoms with Crippen LogP contribution in [0.2, 0.25) is 0 Å². The van der Waals surface area contributed by atoms with Gasteiger partial charge in [-0.25, -0.2) is 4.98 Å². The van der Waals surface area contributed by atoms with Gasteiger partial charge >= 0.3 is 0 Å². The summed E-state index contributed by atoms with van der Waals surface area (Å²) < 4.78 is 0. The van der Waals surface area contributed by atoms with Crippen LogP contribution in [0, 0.1) is 5.92 Å². The molecule has 0 radical (unpaired) electrons. The molecule has 0 spiro atoms. The van der Waals surface area contributed by atoms with E-state index in [-0.39, 0.29) is 0 Å². The average molecular weight is 239 g/mol. The van der Waals surface area contributed by atoms with Crippen molar-refractivity contribution in [1.82, 2.24) is 9.88 Å². The summed E-state index contributed by atoms with van der Waals surface area (Å²) in [5.74, 6) is 0.828. The molecule has 1 aromatic rings. The molecule has 16 heavy (non-hydrogen) atoms. The average Bonchev–Trinajstić information content (AvgIpc) is 2.67. The molecule has 90 valence electrons. The van der Waals surface area contributed by atoms with Gasteiger partial charge in [0.1, 0.15) is 0 Å². The van der Waals surface area contributed by atoms with Gasteiger partial charge in [-0.05, 0) is 32.2 Å². The van der Waals surface area contributed by atoms with Gasteiger partial charge in [0.25, 0.3) is 0 Å². The second-order valence-electron chi connectivity index (χ2n) is 4.82. The van der Waals surface area contributed by atoms with E-state index < -0.39 is 0 Å². The maximum atomic E-state index is 5.63. The van der Waals surface area contributed by atoms with Gasteiger partial charge in [-0.2, -0.15) is 0 Å². The molecule has 3 nitrogen and oxygen atoms in total. The maximum absolute atomic E-state index is 5.63. The first-order valence-corrected chi connectivity index (χ1v) is 6.98. The van der Waals surface area contributed by atoms with Crippen molar-refractivity contribution < 1.29 is 0 Å². The van der Waals surface area contributed by atoms with Gasteiger partial charge in [-0.3, -0.25) is 0 Å². The lowest BCUT2D eigenvalue weighted by Crippen LogP contribution is -2.43. The molecule has 1 aromatic heterocycles. The molecular weight excluding hydrogens is 218 g/mol. The van der Waals surface area contributed by atoms with Gasteiger partial charge in [0.15, 0.2) is 5.13 Å². The van der Waals surface area contributed by atoms with Crippen molar-refractivity contribution in [1.29, 1.82) is 0 Å². The highest BCUT2D eigenvalue weighted by atomic mass is 32.1. The largest absolute Gasteiger partial charge is 0.375 e. The lowest BCUT2D eigenvalue weighted by Gasteiger charge is -2.37. The SMILES string of the molecule is CC1CCCN(CCc2csc(N)n2)C1C. The molecule has 1 saturated heterocycles. The van der Waals surface area contributed by atoms with Crippen LogP contribution in [0.25, 0.3) is 0 Å². The van der Waals surface area contributed by atoms with Crippen LogP contribution in [0.1, 0.15) is 32.4 Å². The van der Waals surface area contributed by atoms with Crippen molar-refractivity contribution in [3.8, 4) is 0 Å². The Balaban J connectivity index is 1.85. The van der Waals surface area contributed by atoms with Crippen LogP contribution >= 0.6 is 11.3 Å². The number of anilines is 1. The second kappa shape index (κ2) is 5.15. The number of likely N-dealkylation sites (tertiary alicyclic amines) is 1. The maximum Gasteiger partial charge on any atom is 0.180 e. The van der Waals surface area contributed by atoms with Crippen LogP contribution in [0.15, 0.2) is 5.38 Å². The number of hydrogen-bond donors (Lipinski definition) is 1. The fourth-order valence-electron chi connectivity index (χ4n) is 2.43. The molecule has 4 heteroatoms. The highest BCUT2D eigenvalue weighted by Gasteiger charge is 2.24. The Morgan fingerprint density at radius 3 is 3.06 bits per heavy atom. The number of nitrogen functional groups attached to an aromatic ring is 1. The highest BCUT2D eigenvalue weighted by molar-refractivity contribution is 7.13.